The first-order valence-corrected chi connectivity index (χ1v) is 7.68. The van der Waals surface area contributed by atoms with Crippen LogP contribution in [0.2, 0.25) is 0 Å². The van der Waals surface area contributed by atoms with Crippen molar-refractivity contribution in [2.24, 2.45) is 5.92 Å². The van der Waals surface area contributed by atoms with Crippen molar-refractivity contribution in [2.45, 2.75) is 72.1 Å². The van der Waals surface area contributed by atoms with E-state index >= 15 is 0 Å². The van der Waals surface area contributed by atoms with Crippen molar-refractivity contribution in [3.8, 4) is 0 Å². The molecule has 0 aliphatic rings. The average molecular weight is 246 g/mol. The molecule has 0 spiro atoms. The molecule has 0 unspecified atom stereocenters. The molecule has 0 bridgehead atoms. The molecule has 0 heteroatoms. The average Bonchev–Trinajstić information content (AvgIpc) is 2.33. The van der Waals surface area contributed by atoms with Crippen LogP contribution in [0.1, 0.15) is 76.8 Å². The van der Waals surface area contributed by atoms with Gasteiger partial charge in [0.15, 0.2) is 0 Å². The lowest BCUT2D eigenvalue weighted by molar-refractivity contribution is 0.520. The second-order valence-corrected chi connectivity index (χ2v) is 6.25. The Bertz CT molecular complexity index is 323. The Morgan fingerprint density at radius 2 is 1.61 bits per heavy atom. The highest BCUT2D eigenvalue weighted by Crippen LogP contribution is 2.17. The zero-order valence-corrected chi connectivity index (χ0v) is 12.7. The lowest BCUT2D eigenvalue weighted by Gasteiger charge is -2.08. The van der Waals surface area contributed by atoms with E-state index in [1.165, 1.54) is 49.7 Å². The van der Waals surface area contributed by atoms with Crippen LogP contribution in [0, 0.1) is 5.92 Å². The maximum Gasteiger partial charge on any atom is -0.0219 e. The first-order valence-electron chi connectivity index (χ1n) is 7.68. The minimum atomic E-state index is 0.649. The number of hydrogen-bond acceptors (Lipinski definition) is 0. The summed E-state index contributed by atoms with van der Waals surface area (Å²) in [5.41, 5.74) is 3.00. The highest BCUT2D eigenvalue weighted by Gasteiger charge is 2.00. The summed E-state index contributed by atoms with van der Waals surface area (Å²) < 4.78 is 0. The monoisotopic (exact) mass is 246 g/mol. The minimum Gasteiger partial charge on any atom is -0.0628 e. The van der Waals surface area contributed by atoms with Gasteiger partial charge in [0.1, 0.15) is 0 Å². The molecule has 0 amide bonds. The maximum absolute atomic E-state index is 2.39. The predicted octanol–water partition coefficient (Wildman–Crippen LogP) is 5.96. The van der Waals surface area contributed by atoms with Crippen molar-refractivity contribution in [2.75, 3.05) is 0 Å². The molecule has 0 nitrogen and oxygen atoms in total. The molecule has 0 aliphatic heterocycles. The molecule has 0 radical (unpaired) electrons. The lowest BCUT2D eigenvalue weighted by atomic mass is 9.98. The van der Waals surface area contributed by atoms with E-state index in [0.717, 1.165) is 5.92 Å². The molecule has 0 heterocycles. The normalized spacial score (nSPS) is 11.4. The van der Waals surface area contributed by atoms with Crippen molar-refractivity contribution in [3.63, 3.8) is 0 Å². The molecule has 0 aromatic heterocycles. The summed E-state index contributed by atoms with van der Waals surface area (Å²) in [6.07, 6.45) is 8.19. The maximum atomic E-state index is 2.39. The zero-order valence-electron chi connectivity index (χ0n) is 12.7. The number of benzene rings is 1. The molecule has 102 valence electrons. The molecule has 0 aliphatic carbocycles. The molecule has 0 N–H and O–H groups in total. The Morgan fingerprint density at radius 3 is 2.28 bits per heavy atom. The van der Waals surface area contributed by atoms with Gasteiger partial charge in [-0.15, -0.1) is 0 Å². The Labute approximate surface area is 114 Å². The van der Waals surface area contributed by atoms with Crippen LogP contribution in [-0.2, 0) is 6.42 Å². The smallest absolute Gasteiger partial charge is 0.0219 e. The second kappa shape index (κ2) is 8.34. The predicted molar refractivity (Wildman–Crippen MR) is 82.2 cm³/mol. The highest BCUT2D eigenvalue weighted by atomic mass is 14.1. The topological polar surface area (TPSA) is 0 Å². The molecular formula is C18H30. The van der Waals surface area contributed by atoms with Crippen molar-refractivity contribution in [3.05, 3.63) is 35.4 Å². The van der Waals surface area contributed by atoms with E-state index in [4.69, 9.17) is 0 Å². The van der Waals surface area contributed by atoms with Crippen molar-refractivity contribution >= 4 is 0 Å². The van der Waals surface area contributed by atoms with Crippen molar-refractivity contribution in [1.29, 1.82) is 0 Å². The van der Waals surface area contributed by atoms with Crippen LogP contribution in [0.3, 0.4) is 0 Å². The third kappa shape index (κ3) is 6.23. The van der Waals surface area contributed by atoms with Crippen LogP contribution in [0.25, 0.3) is 0 Å². The fourth-order valence-electron chi connectivity index (χ4n) is 2.34. The van der Waals surface area contributed by atoms with Crippen LogP contribution >= 0.6 is 0 Å². The van der Waals surface area contributed by atoms with Crippen molar-refractivity contribution < 1.29 is 0 Å². The van der Waals surface area contributed by atoms with Crippen LogP contribution in [0.15, 0.2) is 24.3 Å². The van der Waals surface area contributed by atoms with Gasteiger partial charge < -0.3 is 0 Å². The molecule has 0 fully saturated rings. The largest absolute Gasteiger partial charge is 0.0628 e. The van der Waals surface area contributed by atoms with E-state index in [-0.39, 0.29) is 0 Å². The number of unbranched alkanes of at least 4 members (excludes halogenated alkanes) is 3. The number of rotatable bonds is 8. The van der Waals surface area contributed by atoms with E-state index < -0.39 is 0 Å². The first-order chi connectivity index (χ1) is 8.59. The lowest BCUT2D eigenvalue weighted by Crippen LogP contribution is -1.92. The number of hydrogen-bond donors (Lipinski definition) is 0. The van der Waals surface area contributed by atoms with E-state index in [9.17, 15) is 0 Å². The minimum absolute atomic E-state index is 0.649. The molecule has 18 heavy (non-hydrogen) atoms. The van der Waals surface area contributed by atoms with Crippen LogP contribution in [0.5, 0.6) is 0 Å². The van der Waals surface area contributed by atoms with Gasteiger partial charge in [-0.25, -0.2) is 0 Å². The molecule has 1 rings (SSSR count). The second-order valence-electron chi connectivity index (χ2n) is 6.25. The fraction of sp³-hybridized carbons (Fsp3) is 0.667. The Morgan fingerprint density at radius 1 is 0.889 bits per heavy atom. The van der Waals surface area contributed by atoms with Gasteiger partial charge in [-0.05, 0) is 35.8 Å². The molecule has 0 saturated heterocycles. The van der Waals surface area contributed by atoms with Gasteiger partial charge in [0, 0.05) is 0 Å². The summed E-state index contributed by atoms with van der Waals surface area (Å²) in [5.74, 6) is 1.52. The Balaban J connectivity index is 2.21. The quantitative estimate of drug-likeness (QED) is 0.496. The van der Waals surface area contributed by atoms with E-state index in [1.807, 2.05) is 0 Å². The first kappa shape index (κ1) is 15.3. The van der Waals surface area contributed by atoms with E-state index in [1.54, 1.807) is 0 Å². The Kier molecular flexibility index (Phi) is 7.08. The third-order valence-electron chi connectivity index (χ3n) is 3.61. The van der Waals surface area contributed by atoms with E-state index in [0.29, 0.717) is 5.92 Å². The SMILES string of the molecule is CC(C)CCCCCCc1cccc(C(C)C)c1. The summed E-state index contributed by atoms with van der Waals surface area (Å²) in [4.78, 5) is 0. The molecule has 0 atom stereocenters. The number of aryl methyl sites for hydroxylation is 1. The van der Waals surface area contributed by atoms with Gasteiger partial charge in [-0.3, -0.25) is 0 Å². The van der Waals surface area contributed by atoms with Gasteiger partial charge in [-0.2, -0.15) is 0 Å². The third-order valence-corrected chi connectivity index (χ3v) is 3.61. The van der Waals surface area contributed by atoms with Crippen LogP contribution < -0.4 is 0 Å². The summed E-state index contributed by atoms with van der Waals surface area (Å²) in [6.45, 7) is 9.17. The highest BCUT2D eigenvalue weighted by molar-refractivity contribution is 5.25. The molecule has 0 saturated carbocycles. The summed E-state index contributed by atoms with van der Waals surface area (Å²) in [7, 11) is 0. The summed E-state index contributed by atoms with van der Waals surface area (Å²) in [6, 6.07) is 9.12. The van der Waals surface area contributed by atoms with Crippen LogP contribution in [0.4, 0.5) is 0 Å². The Hall–Kier alpha value is -0.780. The zero-order chi connectivity index (χ0) is 13.4. The fourth-order valence-corrected chi connectivity index (χ4v) is 2.34. The van der Waals surface area contributed by atoms with Gasteiger partial charge in [0.25, 0.3) is 0 Å². The van der Waals surface area contributed by atoms with Crippen molar-refractivity contribution in [1.82, 2.24) is 0 Å². The summed E-state index contributed by atoms with van der Waals surface area (Å²) >= 11 is 0. The van der Waals surface area contributed by atoms with Gasteiger partial charge in [0.2, 0.25) is 0 Å². The van der Waals surface area contributed by atoms with Crippen LogP contribution in [-0.4, -0.2) is 0 Å². The van der Waals surface area contributed by atoms with Gasteiger partial charge in [-0.1, -0.05) is 77.6 Å². The standard InChI is InChI=1S/C18H30/c1-15(2)10-7-5-6-8-11-17-12-9-13-18(14-17)16(3)4/h9,12-16H,5-8,10-11H2,1-4H3. The van der Waals surface area contributed by atoms with Gasteiger partial charge >= 0.3 is 0 Å². The molecule has 1 aromatic carbocycles. The molecular weight excluding hydrogens is 216 g/mol. The van der Waals surface area contributed by atoms with Gasteiger partial charge in [0.05, 0.1) is 0 Å². The van der Waals surface area contributed by atoms with E-state index in [2.05, 4.69) is 52.0 Å². The molecule has 1 aromatic rings. The summed E-state index contributed by atoms with van der Waals surface area (Å²) in [5, 5.41) is 0.